The third kappa shape index (κ3) is 1.96. The van der Waals surface area contributed by atoms with Crippen LogP contribution in [0.3, 0.4) is 0 Å². The van der Waals surface area contributed by atoms with E-state index in [1.807, 2.05) is 25.1 Å². The standard InChI is InChI=1S/C16H13ClN2O/c1-9-5-6-10(7-13(9)18)16(20)11-8-19-14-4-2-3-12(17)15(11)14/h2-8,19H,18H2,1H3. The van der Waals surface area contributed by atoms with Gasteiger partial charge in [-0.15, -0.1) is 0 Å². The van der Waals surface area contributed by atoms with Crippen LogP contribution in [0.2, 0.25) is 5.02 Å². The zero-order chi connectivity index (χ0) is 14.3. The van der Waals surface area contributed by atoms with E-state index >= 15 is 0 Å². The van der Waals surface area contributed by atoms with Gasteiger partial charge in [0.05, 0.1) is 5.02 Å². The van der Waals surface area contributed by atoms with Crippen molar-refractivity contribution in [1.82, 2.24) is 4.98 Å². The average molecular weight is 285 g/mol. The van der Waals surface area contributed by atoms with Crippen LogP contribution >= 0.6 is 11.6 Å². The van der Waals surface area contributed by atoms with Crippen molar-refractivity contribution in [3.63, 3.8) is 0 Å². The van der Waals surface area contributed by atoms with Crippen LogP contribution in [0.15, 0.2) is 42.6 Å². The second kappa shape index (κ2) is 4.69. The van der Waals surface area contributed by atoms with Gasteiger partial charge in [0.1, 0.15) is 0 Å². The third-order valence-corrected chi connectivity index (χ3v) is 3.76. The molecule has 0 radical (unpaired) electrons. The molecule has 20 heavy (non-hydrogen) atoms. The summed E-state index contributed by atoms with van der Waals surface area (Å²) in [5, 5.41) is 1.31. The Balaban J connectivity index is 2.15. The Hall–Kier alpha value is -2.26. The number of fused-ring (bicyclic) bond motifs is 1. The van der Waals surface area contributed by atoms with Gasteiger partial charge in [-0.05, 0) is 30.7 Å². The van der Waals surface area contributed by atoms with Crippen molar-refractivity contribution in [3.8, 4) is 0 Å². The third-order valence-electron chi connectivity index (χ3n) is 3.44. The first-order chi connectivity index (χ1) is 9.58. The lowest BCUT2D eigenvalue weighted by atomic mass is 10.0. The highest BCUT2D eigenvalue weighted by molar-refractivity contribution is 6.37. The normalized spacial score (nSPS) is 10.9. The summed E-state index contributed by atoms with van der Waals surface area (Å²) in [5.41, 5.74) is 9.41. The van der Waals surface area contributed by atoms with Crippen LogP contribution in [-0.4, -0.2) is 10.8 Å². The van der Waals surface area contributed by atoms with Gasteiger partial charge >= 0.3 is 0 Å². The highest BCUT2D eigenvalue weighted by atomic mass is 35.5. The number of nitrogens with one attached hydrogen (secondary N) is 1. The fourth-order valence-electron chi connectivity index (χ4n) is 2.26. The van der Waals surface area contributed by atoms with E-state index in [0.29, 0.717) is 21.8 Å². The van der Waals surface area contributed by atoms with E-state index < -0.39 is 0 Å². The van der Waals surface area contributed by atoms with Crippen molar-refractivity contribution in [3.05, 3.63) is 64.3 Å². The number of rotatable bonds is 2. The van der Waals surface area contributed by atoms with Gasteiger partial charge in [-0.1, -0.05) is 29.8 Å². The smallest absolute Gasteiger partial charge is 0.195 e. The second-order valence-corrected chi connectivity index (χ2v) is 5.17. The van der Waals surface area contributed by atoms with Gasteiger partial charge in [-0.25, -0.2) is 0 Å². The van der Waals surface area contributed by atoms with E-state index in [4.69, 9.17) is 17.3 Å². The number of benzene rings is 2. The van der Waals surface area contributed by atoms with Gasteiger partial charge in [0.25, 0.3) is 0 Å². The first kappa shape index (κ1) is 12.8. The van der Waals surface area contributed by atoms with E-state index in [1.54, 1.807) is 24.4 Å². The van der Waals surface area contributed by atoms with Crippen molar-refractivity contribution in [2.75, 3.05) is 5.73 Å². The first-order valence-corrected chi connectivity index (χ1v) is 6.62. The molecule has 100 valence electrons. The molecule has 2 aromatic carbocycles. The predicted octanol–water partition coefficient (Wildman–Crippen LogP) is 3.94. The lowest BCUT2D eigenvalue weighted by molar-refractivity contribution is 0.104. The molecule has 0 aliphatic heterocycles. The molecular formula is C16H13ClN2O. The summed E-state index contributed by atoms with van der Waals surface area (Å²) in [6.45, 7) is 1.91. The molecular weight excluding hydrogens is 272 g/mol. The van der Waals surface area contributed by atoms with Crippen LogP contribution in [0.1, 0.15) is 21.5 Å². The molecule has 3 nitrogen and oxygen atoms in total. The van der Waals surface area contributed by atoms with E-state index in [9.17, 15) is 4.79 Å². The summed E-state index contributed by atoms with van der Waals surface area (Å²) in [4.78, 5) is 15.7. The molecule has 3 rings (SSSR count). The molecule has 1 heterocycles. The Morgan fingerprint density at radius 1 is 1.25 bits per heavy atom. The molecule has 0 aliphatic rings. The molecule has 3 aromatic rings. The summed E-state index contributed by atoms with van der Waals surface area (Å²) < 4.78 is 0. The maximum Gasteiger partial charge on any atom is 0.195 e. The molecule has 0 amide bonds. The number of hydrogen-bond donors (Lipinski definition) is 2. The Kier molecular flexibility index (Phi) is 2.99. The number of aromatic amines is 1. The van der Waals surface area contributed by atoms with Crippen LogP contribution < -0.4 is 5.73 Å². The Bertz CT molecular complexity index is 820. The van der Waals surface area contributed by atoms with Gasteiger partial charge in [0.2, 0.25) is 0 Å². The molecule has 3 N–H and O–H groups in total. The van der Waals surface area contributed by atoms with Crippen LogP contribution in [0, 0.1) is 6.92 Å². The highest BCUT2D eigenvalue weighted by Gasteiger charge is 2.16. The Morgan fingerprint density at radius 2 is 2.05 bits per heavy atom. The first-order valence-electron chi connectivity index (χ1n) is 6.24. The molecule has 0 fully saturated rings. The molecule has 0 saturated heterocycles. The van der Waals surface area contributed by atoms with Gasteiger partial charge < -0.3 is 10.7 Å². The number of halogens is 1. The minimum Gasteiger partial charge on any atom is -0.398 e. The molecule has 0 spiro atoms. The SMILES string of the molecule is Cc1ccc(C(=O)c2c[nH]c3cccc(Cl)c23)cc1N. The zero-order valence-corrected chi connectivity index (χ0v) is 11.7. The van der Waals surface area contributed by atoms with Crippen LogP contribution in [-0.2, 0) is 0 Å². The van der Waals surface area contributed by atoms with Gasteiger partial charge in [0.15, 0.2) is 5.78 Å². The molecule has 4 heteroatoms. The largest absolute Gasteiger partial charge is 0.398 e. The maximum atomic E-state index is 12.6. The van der Waals surface area contributed by atoms with E-state index in [0.717, 1.165) is 16.5 Å². The average Bonchev–Trinajstić information content (AvgIpc) is 2.86. The summed E-state index contributed by atoms with van der Waals surface area (Å²) in [5.74, 6) is -0.0870. The number of nitrogen functional groups attached to an aromatic ring is 1. The zero-order valence-electron chi connectivity index (χ0n) is 10.9. The number of nitrogens with two attached hydrogens (primary N) is 1. The number of carbonyl (C=O) groups is 1. The monoisotopic (exact) mass is 284 g/mol. The number of carbonyl (C=O) groups excluding carboxylic acids is 1. The Labute approximate surface area is 121 Å². The highest BCUT2D eigenvalue weighted by Crippen LogP contribution is 2.28. The van der Waals surface area contributed by atoms with Gasteiger partial charge in [0, 0.05) is 33.9 Å². The van der Waals surface area contributed by atoms with Crippen LogP contribution in [0.5, 0.6) is 0 Å². The van der Waals surface area contributed by atoms with Crippen LogP contribution in [0.4, 0.5) is 5.69 Å². The second-order valence-electron chi connectivity index (χ2n) is 4.77. The summed E-state index contributed by atoms with van der Waals surface area (Å²) >= 11 is 6.19. The molecule has 0 bridgehead atoms. The minimum atomic E-state index is -0.0870. The maximum absolute atomic E-state index is 12.6. The molecule has 0 atom stereocenters. The molecule has 0 saturated carbocycles. The molecule has 0 unspecified atom stereocenters. The van der Waals surface area contributed by atoms with Crippen molar-refractivity contribution >= 4 is 34.0 Å². The van der Waals surface area contributed by atoms with E-state index in [2.05, 4.69) is 4.98 Å². The van der Waals surface area contributed by atoms with Crippen molar-refractivity contribution in [2.45, 2.75) is 6.92 Å². The fourth-order valence-corrected chi connectivity index (χ4v) is 2.53. The van der Waals surface area contributed by atoms with Crippen molar-refractivity contribution in [1.29, 1.82) is 0 Å². The number of aryl methyl sites for hydroxylation is 1. The number of aromatic nitrogens is 1. The number of ketones is 1. The lowest BCUT2D eigenvalue weighted by Gasteiger charge is -2.04. The van der Waals surface area contributed by atoms with E-state index in [1.165, 1.54) is 0 Å². The summed E-state index contributed by atoms with van der Waals surface area (Å²) in [7, 11) is 0. The number of anilines is 1. The van der Waals surface area contributed by atoms with Crippen molar-refractivity contribution < 1.29 is 4.79 Å². The number of hydrogen-bond acceptors (Lipinski definition) is 2. The quantitative estimate of drug-likeness (QED) is 0.553. The Morgan fingerprint density at radius 3 is 2.80 bits per heavy atom. The summed E-state index contributed by atoms with van der Waals surface area (Å²) in [6.07, 6.45) is 1.69. The molecule has 1 aromatic heterocycles. The lowest BCUT2D eigenvalue weighted by Crippen LogP contribution is -2.02. The predicted molar refractivity (Wildman–Crippen MR) is 82.3 cm³/mol. The van der Waals surface area contributed by atoms with Gasteiger partial charge in [-0.3, -0.25) is 4.79 Å². The van der Waals surface area contributed by atoms with Crippen molar-refractivity contribution in [2.24, 2.45) is 0 Å². The van der Waals surface area contributed by atoms with Gasteiger partial charge in [-0.2, -0.15) is 0 Å². The molecule has 0 aliphatic carbocycles. The number of H-pyrrole nitrogens is 1. The minimum absolute atomic E-state index is 0.0870. The van der Waals surface area contributed by atoms with E-state index in [-0.39, 0.29) is 5.78 Å². The topological polar surface area (TPSA) is 58.9 Å². The van der Waals surface area contributed by atoms with Crippen LogP contribution in [0.25, 0.3) is 10.9 Å². The summed E-state index contributed by atoms with van der Waals surface area (Å²) in [6, 6.07) is 10.8. The fraction of sp³-hybridized carbons (Fsp3) is 0.0625.